The molecule has 0 saturated heterocycles. The Morgan fingerprint density at radius 1 is 1.10 bits per heavy atom. The summed E-state index contributed by atoms with van der Waals surface area (Å²) in [6, 6.07) is 7.99. The molecule has 20 heavy (non-hydrogen) atoms. The van der Waals surface area contributed by atoms with Crippen molar-refractivity contribution in [3.05, 3.63) is 49.3 Å². The lowest BCUT2D eigenvalue weighted by Crippen LogP contribution is -2.12. The van der Waals surface area contributed by atoms with Crippen LogP contribution in [0.2, 0.25) is 0 Å². The van der Waals surface area contributed by atoms with Crippen molar-refractivity contribution in [3.63, 3.8) is 0 Å². The first-order valence-electron chi connectivity index (χ1n) is 5.43. The minimum Gasteiger partial charge on any atom is -0.506 e. The number of aromatic hydroxyl groups is 1. The molecule has 0 aliphatic heterocycles. The van der Waals surface area contributed by atoms with Crippen LogP contribution in [-0.4, -0.2) is 11.0 Å². The highest BCUT2D eigenvalue weighted by molar-refractivity contribution is 9.11. The van der Waals surface area contributed by atoms with E-state index < -0.39 is 0 Å². The van der Waals surface area contributed by atoms with E-state index in [0.717, 1.165) is 13.4 Å². The lowest BCUT2D eigenvalue weighted by atomic mass is 10.1. The largest absolute Gasteiger partial charge is 0.506 e. The topological polar surface area (TPSA) is 75.4 Å². The molecule has 0 saturated carbocycles. The van der Waals surface area contributed by atoms with Gasteiger partial charge in [-0.2, -0.15) is 0 Å². The van der Waals surface area contributed by atoms with Crippen molar-refractivity contribution in [2.45, 2.75) is 0 Å². The highest BCUT2D eigenvalue weighted by atomic mass is 79.9. The Morgan fingerprint density at radius 2 is 1.70 bits per heavy atom. The Balaban J connectivity index is 2.30. The number of carbonyl (C=O) groups excluding carboxylic acids is 1. The number of carbonyl (C=O) groups is 1. The number of phenols is 1. The van der Waals surface area contributed by atoms with Gasteiger partial charge in [0, 0.05) is 19.0 Å². The summed E-state index contributed by atoms with van der Waals surface area (Å²) in [5.74, 6) is -0.462. The summed E-state index contributed by atoms with van der Waals surface area (Å²) in [7, 11) is 0. The van der Waals surface area contributed by atoms with Gasteiger partial charge in [0.2, 0.25) is 0 Å². The lowest BCUT2D eigenvalue weighted by Gasteiger charge is -2.11. The Kier molecular flexibility index (Phi) is 4.72. The Labute approximate surface area is 140 Å². The van der Waals surface area contributed by atoms with Crippen LogP contribution in [0.25, 0.3) is 0 Å². The molecule has 0 bridgehead atoms. The Bertz CT molecular complexity index is 666. The van der Waals surface area contributed by atoms with Gasteiger partial charge in [0.15, 0.2) is 0 Å². The second-order valence-corrected chi connectivity index (χ2v) is 6.60. The van der Waals surface area contributed by atoms with Crippen molar-refractivity contribution in [2.75, 3.05) is 11.1 Å². The molecular formula is C13H9Br3N2O2. The summed E-state index contributed by atoms with van der Waals surface area (Å²) in [6.45, 7) is 0. The van der Waals surface area contributed by atoms with Gasteiger partial charge in [-0.15, -0.1) is 0 Å². The highest BCUT2D eigenvalue weighted by Crippen LogP contribution is 2.34. The molecule has 2 aromatic rings. The van der Waals surface area contributed by atoms with Crippen LogP contribution in [0.4, 0.5) is 11.4 Å². The van der Waals surface area contributed by atoms with E-state index in [0.29, 0.717) is 11.3 Å². The number of anilines is 2. The number of hydrogen-bond acceptors (Lipinski definition) is 3. The first kappa shape index (κ1) is 15.3. The van der Waals surface area contributed by atoms with Crippen LogP contribution < -0.4 is 11.1 Å². The van der Waals surface area contributed by atoms with E-state index in [1.165, 1.54) is 12.1 Å². The predicted molar refractivity (Wildman–Crippen MR) is 90.0 cm³/mol. The van der Waals surface area contributed by atoms with E-state index in [4.69, 9.17) is 5.73 Å². The maximum Gasteiger partial charge on any atom is 0.255 e. The molecule has 0 atom stereocenters. The van der Waals surface area contributed by atoms with Crippen LogP contribution in [0, 0.1) is 0 Å². The molecule has 4 N–H and O–H groups in total. The van der Waals surface area contributed by atoms with Crippen LogP contribution in [0.15, 0.2) is 43.7 Å². The molecule has 104 valence electrons. The third-order valence-electron chi connectivity index (χ3n) is 2.54. The van der Waals surface area contributed by atoms with Gasteiger partial charge in [-0.3, -0.25) is 4.79 Å². The van der Waals surface area contributed by atoms with Crippen molar-refractivity contribution in [3.8, 4) is 5.75 Å². The Hall–Kier alpha value is -1.05. The zero-order valence-electron chi connectivity index (χ0n) is 9.95. The van der Waals surface area contributed by atoms with E-state index >= 15 is 0 Å². The van der Waals surface area contributed by atoms with Crippen molar-refractivity contribution >= 4 is 65.1 Å². The molecule has 4 nitrogen and oxygen atoms in total. The summed E-state index contributed by atoms with van der Waals surface area (Å²) in [4.78, 5) is 12.2. The van der Waals surface area contributed by atoms with E-state index in [1.54, 1.807) is 6.07 Å². The van der Waals surface area contributed by atoms with E-state index in [-0.39, 0.29) is 17.3 Å². The average molecular weight is 465 g/mol. The molecule has 0 aliphatic rings. The summed E-state index contributed by atoms with van der Waals surface area (Å²) in [5.41, 5.74) is 6.66. The monoisotopic (exact) mass is 462 g/mol. The van der Waals surface area contributed by atoms with Crippen LogP contribution in [0.1, 0.15) is 10.4 Å². The number of amides is 1. The number of phenolic OH excluding ortho intramolecular Hbond substituents is 1. The van der Waals surface area contributed by atoms with E-state index in [9.17, 15) is 9.90 Å². The normalized spacial score (nSPS) is 10.3. The number of nitrogens with one attached hydrogen (secondary N) is 1. The summed E-state index contributed by atoms with van der Waals surface area (Å²) in [6.07, 6.45) is 0. The minimum absolute atomic E-state index is 0.119. The van der Waals surface area contributed by atoms with Crippen LogP contribution in [0.3, 0.4) is 0 Å². The third-order valence-corrected chi connectivity index (χ3v) is 4.25. The molecule has 0 heterocycles. The molecular weight excluding hydrogens is 456 g/mol. The van der Waals surface area contributed by atoms with Crippen molar-refractivity contribution in [1.82, 2.24) is 0 Å². The quantitative estimate of drug-likeness (QED) is 0.452. The predicted octanol–water partition coefficient (Wildman–Crippen LogP) is 4.51. The van der Waals surface area contributed by atoms with E-state index in [1.807, 2.05) is 12.1 Å². The zero-order chi connectivity index (χ0) is 14.9. The molecule has 2 aromatic carbocycles. The summed E-state index contributed by atoms with van der Waals surface area (Å²) in [5, 5.41) is 12.3. The molecule has 0 aromatic heterocycles. The van der Waals surface area contributed by atoms with Gasteiger partial charge in [-0.25, -0.2) is 0 Å². The van der Waals surface area contributed by atoms with E-state index in [2.05, 4.69) is 53.1 Å². The molecule has 0 aliphatic carbocycles. The molecule has 0 spiro atoms. The third kappa shape index (κ3) is 3.34. The van der Waals surface area contributed by atoms with Crippen molar-refractivity contribution < 1.29 is 9.90 Å². The van der Waals surface area contributed by atoms with Crippen LogP contribution in [0.5, 0.6) is 5.75 Å². The molecule has 0 unspecified atom stereocenters. The fourth-order valence-electron chi connectivity index (χ4n) is 1.53. The van der Waals surface area contributed by atoms with Gasteiger partial charge in [-0.1, -0.05) is 15.9 Å². The summed E-state index contributed by atoms with van der Waals surface area (Å²) >= 11 is 10.1. The fraction of sp³-hybridized carbons (Fsp3) is 0. The first-order chi connectivity index (χ1) is 9.38. The molecule has 2 rings (SSSR count). The number of nitrogen functional groups attached to an aromatic ring is 1. The standard InChI is InChI=1S/C13H9Br3N2O2/c14-7-4-8(15)12(9(16)5-7)18-13(20)6-1-2-10(17)11(19)3-6/h1-5,19H,17H2,(H,18,20). The maximum absolute atomic E-state index is 12.2. The second-order valence-electron chi connectivity index (χ2n) is 3.97. The smallest absolute Gasteiger partial charge is 0.255 e. The van der Waals surface area contributed by atoms with Gasteiger partial charge in [0.05, 0.1) is 11.4 Å². The fourth-order valence-corrected chi connectivity index (χ4v) is 3.99. The second kappa shape index (κ2) is 6.15. The number of rotatable bonds is 2. The molecule has 0 fully saturated rings. The number of hydrogen-bond donors (Lipinski definition) is 3. The van der Waals surface area contributed by atoms with Crippen molar-refractivity contribution in [1.29, 1.82) is 0 Å². The first-order valence-corrected chi connectivity index (χ1v) is 7.81. The average Bonchev–Trinajstić information content (AvgIpc) is 2.36. The SMILES string of the molecule is Nc1ccc(C(=O)Nc2c(Br)cc(Br)cc2Br)cc1O. The van der Waals surface area contributed by atoms with Crippen LogP contribution in [-0.2, 0) is 0 Å². The summed E-state index contributed by atoms with van der Waals surface area (Å²) < 4.78 is 2.33. The number of benzene rings is 2. The van der Waals surface area contributed by atoms with Crippen molar-refractivity contribution in [2.24, 2.45) is 0 Å². The highest BCUT2D eigenvalue weighted by Gasteiger charge is 2.13. The zero-order valence-corrected chi connectivity index (χ0v) is 14.7. The molecule has 7 heteroatoms. The lowest BCUT2D eigenvalue weighted by molar-refractivity contribution is 0.102. The van der Waals surface area contributed by atoms with Gasteiger partial charge in [-0.05, 0) is 62.2 Å². The Morgan fingerprint density at radius 3 is 2.25 bits per heavy atom. The van der Waals surface area contributed by atoms with Gasteiger partial charge in [0.1, 0.15) is 5.75 Å². The number of nitrogens with two attached hydrogens (primary N) is 1. The van der Waals surface area contributed by atoms with Crippen LogP contribution >= 0.6 is 47.8 Å². The number of halogens is 3. The molecule has 0 radical (unpaired) electrons. The van der Waals surface area contributed by atoms with Gasteiger partial charge >= 0.3 is 0 Å². The van der Waals surface area contributed by atoms with Gasteiger partial charge in [0.25, 0.3) is 5.91 Å². The maximum atomic E-state index is 12.2. The minimum atomic E-state index is -0.343. The van der Waals surface area contributed by atoms with Gasteiger partial charge < -0.3 is 16.2 Å². The molecule has 1 amide bonds.